The van der Waals surface area contributed by atoms with Gasteiger partial charge in [-0.3, -0.25) is 4.79 Å². The third kappa shape index (κ3) is 4.70. The van der Waals surface area contributed by atoms with Crippen molar-refractivity contribution >= 4 is 23.4 Å². The highest BCUT2D eigenvalue weighted by Gasteiger charge is 2.12. The normalized spacial score (nSPS) is 10.9. The number of rotatable bonds is 7. The molecule has 0 aliphatic rings. The summed E-state index contributed by atoms with van der Waals surface area (Å²) in [5.41, 5.74) is 2.86. The van der Waals surface area contributed by atoms with Gasteiger partial charge in [0.1, 0.15) is 0 Å². The van der Waals surface area contributed by atoms with E-state index < -0.39 is 0 Å². The van der Waals surface area contributed by atoms with Gasteiger partial charge in [-0.1, -0.05) is 74.1 Å². The van der Waals surface area contributed by atoms with Crippen LogP contribution in [0, 0.1) is 5.92 Å². The van der Waals surface area contributed by atoms with Crippen LogP contribution < -0.4 is 5.32 Å². The molecule has 0 fully saturated rings. The number of hydrogen-bond donors (Lipinski definition) is 1. The SMILES string of the molecule is CC(C)Cn1nnnc1SCC(=O)Nc1ccccc1-c1ccccc1. The Labute approximate surface area is 157 Å². The minimum Gasteiger partial charge on any atom is -0.325 e. The summed E-state index contributed by atoms with van der Waals surface area (Å²) in [7, 11) is 0. The van der Waals surface area contributed by atoms with Gasteiger partial charge in [0.2, 0.25) is 11.1 Å². The predicted octanol–water partition coefficient (Wildman–Crippen LogP) is 3.73. The van der Waals surface area contributed by atoms with E-state index in [1.807, 2.05) is 54.6 Å². The van der Waals surface area contributed by atoms with Crippen LogP contribution in [0.3, 0.4) is 0 Å². The van der Waals surface area contributed by atoms with Crippen LogP contribution >= 0.6 is 11.8 Å². The number of anilines is 1. The number of carbonyl (C=O) groups is 1. The van der Waals surface area contributed by atoms with Crippen molar-refractivity contribution in [3.05, 3.63) is 54.6 Å². The van der Waals surface area contributed by atoms with E-state index in [0.717, 1.165) is 23.4 Å². The van der Waals surface area contributed by atoms with Gasteiger partial charge in [-0.25, -0.2) is 4.68 Å². The minimum absolute atomic E-state index is 0.0857. The quantitative estimate of drug-likeness (QED) is 0.644. The zero-order valence-corrected chi connectivity index (χ0v) is 15.6. The largest absolute Gasteiger partial charge is 0.325 e. The monoisotopic (exact) mass is 367 g/mol. The second-order valence-corrected chi connectivity index (χ2v) is 7.23. The fourth-order valence-electron chi connectivity index (χ4n) is 2.54. The van der Waals surface area contributed by atoms with Crippen molar-refractivity contribution in [3.8, 4) is 11.1 Å². The summed E-state index contributed by atoms with van der Waals surface area (Å²) in [6, 6.07) is 17.8. The Hall–Kier alpha value is -2.67. The number of nitrogens with zero attached hydrogens (tertiary/aromatic N) is 4. The number of nitrogens with one attached hydrogen (secondary N) is 1. The molecule has 0 bridgehead atoms. The maximum absolute atomic E-state index is 12.4. The summed E-state index contributed by atoms with van der Waals surface area (Å²) >= 11 is 1.34. The predicted molar refractivity (Wildman–Crippen MR) is 104 cm³/mol. The Bertz CT molecular complexity index is 863. The molecule has 0 unspecified atom stereocenters. The number of para-hydroxylation sites is 1. The van der Waals surface area contributed by atoms with Crippen LogP contribution in [0.5, 0.6) is 0 Å². The second kappa shape index (κ2) is 8.62. The Morgan fingerprint density at radius 1 is 1.12 bits per heavy atom. The molecule has 1 amide bonds. The van der Waals surface area contributed by atoms with Gasteiger partial charge in [-0.2, -0.15) is 0 Å². The van der Waals surface area contributed by atoms with Gasteiger partial charge in [0.15, 0.2) is 0 Å². The zero-order valence-electron chi connectivity index (χ0n) is 14.8. The molecule has 3 rings (SSSR count). The fourth-order valence-corrected chi connectivity index (χ4v) is 3.22. The highest BCUT2D eigenvalue weighted by Crippen LogP contribution is 2.27. The summed E-state index contributed by atoms with van der Waals surface area (Å²) in [5.74, 6) is 0.601. The van der Waals surface area contributed by atoms with E-state index in [1.54, 1.807) is 4.68 Å². The first kappa shape index (κ1) is 18.1. The lowest BCUT2D eigenvalue weighted by molar-refractivity contribution is -0.113. The summed E-state index contributed by atoms with van der Waals surface area (Å²) < 4.78 is 1.74. The smallest absolute Gasteiger partial charge is 0.234 e. The molecule has 1 heterocycles. The number of tetrazole rings is 1. The van der Waals surface area contributed by atoms with Crippen LogP contribution in [-0.4, -0.2) is 31.9 Å². The van der Waals surface area contributed by atoms with Crippen LogP contribution in [0.1, 0.15) is 13.8 Å². The molecule has 0 spiro atoms. The molecule has 6 nitrogen and oxygen atoms in total. The van der Waals surface area contributed by atoms with Crippen molar-refractivity contribution in [2.24, 2.45) is 5.92 Å². The molecule has 1 N–H and O–H groups in total. The topological polar surface area (TPSA) is 72.7 Å². The second-order valence-electron chi connectivity index (χ2n) is 6.29. The summed E-state index contributed by atoms with van der Waals surface area (Å²) in [6.45, 7) is 4.93. The number of thioether (sulfide) groups is 1. The van der Waals surface area contributed by atoms with E-state index in [9.17, 15) is 4.79 Å². The lowest BCUT2D eigenvalue weighted by Gasteiger charge is -2.11. The highest BCUT2D eigenvalue weighted by molar-refractivity contribution is 7.99. The number of amides is 1. The number of carbonyl (C=O) groups excluding carboxylic acids is 1. The first-order valence-corrected chi connectivity index (χ1v) is 9.45. The van der Waals surface area contributed by atoms with Crippen molar-refractivity contribution in [2.45, 2.75) is 25.5 Å². The fraction of sp³-hybridized carbons (Fsp3) is 0.263. The van der Waals surface area contributed by atoms with E-state index in [-0.39, 0.29) is 11.7 Å². The minimum atomic E-state index is -0.0857. The van der Waals surface area contributed by atoms with Crippen LogP contribution in [0.25, 0.3) is 11.1 Å². The lowest BCUT2D eigenvalue weighted by atomic mass is 10.0. The Morgan fingerprint density at radius 3 is 2.62 bits per heavy atom. The maximum Gasteiger partial charge on any atom is 0.234 e. The Morgan fingerprint density at radius 2 is 1.85 bits per heavy atom. The molecule has 0 aliphatic carbocycles. The van der Waals surface area contributed by atoms with Crippen molar-refractivity contribution in [3.63, 3.8) is 0 Å². The molecular weight excluding hydrogens is 346 g/mol. The van der Waals surface area contributed by atoms with Gasteiger partial charge in [-0.15, -0.1) is 5.10 Å². The van der Waals surface area contributed by atoms with E-state index >= 15 is 0 Å². The van der Waals surface area contributed by atoms with E-state index in [4.69, 9.17) is 0 Å². The molecule has 0 saturated heterocycles. The molecule has 134 valence electrons. The van der Waals surface area contributed by atoms with Crippen LogP contribution in [-0.2, 0) is 11.3 Å². The third-order valence-corrected chi connectivity index (χ3v) is 4.61. The van der Waals surface area contributed by atoms with Crippen molar-refractivity contribution in [1.29, 1.82) is 0 Å². The highest BCUT2D eigenvalue weighted by atomic mass is 32.2. The molecule has 0 radical (unpaired) electrons. The maximum atomic E-state index is 12.4. The molecule has 0 saturated carbocycles. The summed E-state index contributed by atoms with van der Waals surface area (Å²) in [5, 5.41) is 15.3. The van der Waals surface area contributed by atoms with Crippen LogP contribution in [0.15, 0.2) is 59.8 Å². The lowest BCUT2D eigenvalue weighted by Crippen LogP contribution is -2.15. The van der Waals surface area contributed by atoms with Crippen molar-refractivity contribution in [1.82, 2.24) is 20.2 Å². The number of benzene rings is 2. The summed E-state index contributed by atoms with van der Waals surface area (Å²) in [4.78, 5) is 12.4. The average Bonchev–Trinajstić information content (AvgIpc) is 3.07. The van der Waals surface area contributed by atoms with Gasteiger partial charge in [0.05, 0.1) is 5.75 Å². The molecule has 1 aromatic heterocycles. The van der Waals surface area contributed by atoms with E-state index in [1.165, 1.54) is 11.8 Å². The van der Waals surface area contributed by atoms with Gasteiger partial charge in [0.25, 0.3) is 0 Å². The van der Waals surface area contributed by atoms with E-state index in [0.29, 0.717) is 11.1 Å². The number of hydrogen-bond acceptors (Lipinski definition) is 5. The molecule has 7 heteroatoms. The first-order chi connectivity index (χ1) is 12.6. The van der Waals surface area contributed by atoms with Crippen LogP contribution in [0.2, 0.25) is 0 Å². The average molecular weight is 367 g/mol. The number of aromatic nitrogens is 4. The molecule has 0 aliphatic heterocycles. The van der Waals surface area contributed by atoms with Crippen LogP contribution in [0.4, 0.5) is 5.69 Å². The zero-order chi connectivity index (χ0) is 18.4. The summed E-state index contributed by atoms with van der Waals surface area (Å²) in [6.07, 6.45) is 0. The molecule has 0 atom stereocenters. The van der Waals surface area contributed by atoms with Gasteiger partial charge in [0, 0.05) is 17.8 Å². The molecule has 26 heavy (non-hydrogen) atoms. The Kier molecular flexibility index (Phi) is 6.01. The Balaban J connectivity index is 1.66. The van der Waals surface area contributed by atoms with E-state index in [2.05, 4.69) is 34.7 Å². The van der Waals surface area contributed by atoms with Crippen molar-refractivity contribution < 1.29 is 4.79 Å². The standard InChI is InChI=1S/C19H21N5OS/c1-14(2)12-24-19(21-22-23-24)26-13-18(25)20-17-11-7-6-10-16(17)15-8-4-3-5-9-15/h3-11,14H,12-13H2,1-2H3,(H,20,25). The molecule has 2 aromatic carbocycles. The molecular formula is C19H21N5OS. The third-order valence-electron chi connectivity index (χ3n) is 3.66. The molecule has 3 aromatic rings. The van der Waals surface area contributed by atoms with Gasteiger partial charge in [-0.05, 0) is 28.0 Å². The van der Waals surface area contributed by atoms with Gasteiger partial charge >= 0.3 is 0 Å². The first-order valence-electron chi connectivity index (χ1n) is 8.46. The van der Waals surface area contributed by atoms with Crippen molar-refractivity contribution in [2.75, 3.05) is 11.1 Å². The van der Waals surface area contributed by atoms with Gasteiger partial charge < -0.3 is 5.32 Å².